The second-order valence-corrected chi connectivity index (χ2v) is 6.75. The van der Waals surface area contributed by atoms with E-state index in [2.05, 4.69) is 26.8 Å². The molecule has 8 heteroatoms. The fourth-order valence-corrected chi connectivity index (χ4v) is 2.94. The number of hydrazine groups is 1. The van der Waals surface area contributed by atoms with Gasteiger partial charge in [0.25, 0.3) is 5.91 Å². The van der Waals surface area contributed by atoms with Gasteiger partial charge in [0, 0.05) is 28.7 Å². The molecule has 0 aromatic heterocycles. The van der Waals surface area contributed by atoms with E-state index in [1.54, 1.807) is 12.1 Å². The van der Waals surface area contributed by atoms with Gasteiger partial charge < -0.3 is 4.90 Å². The highest BCUT2D eigenvalue weighted by molar-refractivity contribution is 9.10. The number of hydrogen-bond acceptors (Lipinski definition) is 3. The van der Waals surface area contributed by atoms with E-state index < -0.39 is 23.5 Å². The second kappa shape index (κ2) is 7.65. The molecule has 1 atom stereocenters. The summed E-state index contributed by atoms with van der Waals surface area (Å²) in [5.74, 6) is -2.40. The Hall–Kier alpha value is -2.74. The first-order chi connectivity index (χ1) is 12.4. The quantitative estimate of drug-likeness (QED) is 0.749. The lowest BCUT2D eigenvalue weighted by molar-refractivity contribution is -0.126. The third-order valence-corrected chi connectivity index (χ3v) is 4.55. The lowest BCUT2D eigenvalue weighted by Crippen LogP contribution is -2.45. The molecule has 1 aliphatic rings. The third kappa shape index (κ3) is 4.08. The van der Waals surface area contributed by atoms with E-state index in [1.807, 2.05) is 12.1 Å². The minimum absolute atomic E-state index is 0.0533. The maximum Gasteiger partial charge on any atom is 0.269 e. The summed E-state index contributed by atoms with van der Waals surface area (Å²) < 4.78 is 14.0. The maximum atomic E-state index is 13.1. The van der Waals surface area contributed by atoms with Crippen LogP contribution in [0.25, 0.3) is 0 Å². The van der Waals surface area contributed by atoms with Crippen LogP contribution in [0.4, 0.5) is 10.1 Å². The van der Waals surface area contributed by atoms with E-state index in [1.165, 1.54) is 23.1 Å². The van der Waals surface area contributed by atoms with Gasteiger partial charge in [-0.3, -0.25) is 25.2 Å². The van der Waals surface area contributed by atoms with Gasteiger partial charge in [0.15, 0.2) is 0 Å². The van der Waals surface area contributed by atoms with E-state index in [4.69, 9.17) is 0 Å². The molecule has 1 saturated heterocycles. The summed E-state index contributed by atoms with van der Waals surface area (Å²) in [6.45, 7) is 0.224. The van der Waals surface area contributed by atoms with Gasteiger partial charge in [0.05, 0.1) is 5.92 Å². The molecule has 0 unspecified atom stereocenters. The fourth-order valence-electron chi connectivity index (χ4n) is 2.68. The van der Waals surface area contributed by atoms with Crippen LogP contribution in [-0.2, 0) is 9.59 Å². The summed E-state index contributed by atoms with van der Waals surface area (Å²) in [4.78, 5) is 37.9. The van der Waals surface area contributed by atoms with Crippen molar-refractivity contribution < 1.29 is 18.8 Å². The van der Waals surface area contributed by atoms with Crippen molar-refractivity contribution in [2.75, 3.05) is 11.4 Å². The Kier molecular flexibility index (Phi) is 5.32. The highest BCUT2D eigenvalue weighted by atomic mass is 79.9. The molecule has 0 saturated carbocycles. The van der Waals surface area contributed by atoms with Crippen LogP contribution in [0, 0.1) is 11.7 Å². The lowest BCUT2D eigenvalue weighted by atomic mass is 10.1. The molecule has 2 aromatic rings. The Balaban J connectivity index is 1.58. The van der Waals surface area contributed by atoms with Gasteiger partial charge in [-0.05, 0) is 42.5 Å². The predicted octanol–water partition coefficient (Wildman–Crippen LogP) is 2.40. The van der Waals surface area contributed by atoms with Crippen LogP contribution in [0.15, 0.2) is 53.0 Å². The van der Waals surface area contributed by atoms with Crippen molar-refractivity contribution in [2.45, 2.75) is 6.42 Å². The Bertz CT molecular complexity index is 857. The van der Waals surface area contributed by atoms with Crippen LogP contribution < -0.4 is 15.8 Å². The largest absolute Gasteiger partial charge is 0.312 e. The summed E-state index contributed by atoms with van der Waals surface area (Å²) in [5, 5.41) is 0. The normalized spacial score (nSPS) is 16.5. The van der Waals surface area contributed by atoms with Crippen molar-refractivity contribution >= 4 is 39.3 Å². The lowest BCUT2D eigenvalue weighted by Gasteiger charge is -2.17. The summed E-state index contributed by atoms with van der Waals surface area (Å²) in [6, 6.07) is 12.3. The number of carbonyl (C=O) groups is 3. The number of nitrogens with zero attached hydrogens (tertiary/aromatic N) is 1. The number of halogens is 2. The number of anilines is 1. The zero-order valence-corrected chi connectivity index (χ0v) is 15.1. The average Bonchev–Trinajstić information content (AvgIpc) is 3.02. The molecule has 3 amide bonds. The van der Waals surface area contributed by atoms with Crippen molar-refractivity contribution in [3.05, 3.63) is 64.4 Å². The molecule has 6 nitrogen and oxygen atoms in total. The van der Waals surface area contributed by atoms with Crippen LogP contribution in [0.3, 0.4) is 0 Å². The van der Waals surface area contributed by atoms with Gasteiger partial charge in [-0.15, -0.1) is 0 Å². The Labute approximate surface area is 157 Å². The maximum absolute atomic E-state index is 13.1. The average molecular weight is 420 g/mol. The standard InChI is InChI=1S/C18H15BrFN3O3/c19-13-4-6-15(7-5-13)23-10-12(9-16(23)24)18(26)22-21-17(25)11-2-1-3-14(20)8-11/h1-8,12H,9-10H2,(H,21,25)(H,22,26)/t12-/m1/s1. The molecular weight excluding hydrogens is 405 g/mol. The topological polar surface area (TPSA) is 78.5 Å². The van der Waals surface area contributed by atoms with Crippen molar-refractivity contribution in [2.24, 2.45) is 5.92 Å². The number of rotatable bonds is 3. The summed E-state index contributed by atoms with van der Waals surface area (Å²) in [6.07, 6.45) is 0.0533. The SMILES string of the molecule is O=C(NNC(=O)[C@@H]1CC(=O)N(c2ccc(Br)cc2)C1)c1cccc(F)c1. The zero-order chi connectivity index (χ0) is 18.7. The second-order valence-electron chi connectivity index (χ2n) is 5.84. The van der Waals surface area contributed by atoms with Crippen LogP contribution in [0.2, 0.25) is 0 Å². The van der Waals surface area contributed by atoms with Crippen LogP contribution in [-0.4, -0.2) is 24.3 Å². The Morgan fingerprint density at radius 1 is 1.12 bits per heavy atom. The monoisotopic (exact) mass is 419 g/mol. The smallest absolute Gasteiger partial charge is 0.269 e. The number of carbonyl (C=O) groups excluding carboxylic acids is 3. The van der Waals surface area contributed by atoms with E-state index in [0.29, 0.717) is 5.69 Å². The van der Waals surface area contributed by atoms with Crippen molar-refractivity contribution in [1.82, 2.24) is 10.9 Å². The van der Waals surface area contributed by atoms with Crippen molar-refractivity contribution in [1.29, 1.82) is 0 Å². The number of hydrogen-bond donors (Lipinski definition) is 2. The molecule has 0 aliphatic carbocycles. The Morgan fingerprint density at radius 2 is 1.85 bits per heavy atom. The number of benzene rings is 2. The molecule has 1 heterocycles. The van der Waals surface area contributed by atoms with Gasteiger partial charge in [-0.25, -0.2) is 4.39 Å². The highest BCUT2D eigenvalue weighted by Gasteiger charge is 2.35. The number of nitrogens with one attached hydrogen (secondary N) is 2. The molecule has 1 fully saturated rings. The summed E-state index contributed by atoms with van der Waals surface area (Å²) >= 11 is 3.33. The Morgan fingerprint density at radius 3 is 2.54 bits per heavy atom. The zero-order valence-electron chi connectivity index (χ0n) is 13.5. The van der Waals surface area contributed by atoms with Crippen LogP contribution >= 0.6 is 15.9 Å². The molecule has 26 heavy (non-hydrogen) atoms. The molecule has 0 radical (unpaired) electrons. The highest BCUT2D eigenvalue weighted by Crippen LogP contribution is 2.26. The summed E-state index contributed by atoms with van der Waals surface area (Å²) in [7, 11) is 0. The molecule has 0 spiro atoms. The molecule has 2 N–H and O–H groups in total. The predicted molar refractivity (Wildman–Crippen MR) is 96.6 cm³/mol. The molecule has 1 aliphatic heterocycles. The van der Waals surface area contributed by atoms with Gasteiger partial charge in [-0.2, -0.15) is 0 Å². The first-order valence-corrected chi connectivity index (χ1v) is 8.65. The summed E-state index contributed by atoms with van der Waals surface area (Å²) in [5.41, 5.74) is 5.33. The van der Waals surface area contributed by atoms with Gasteiger partial charge in [-0.1, -0.05) is 22.0 Å². The molecule has 3 rings (SSSR count). The van der Waals surface area contributed by atoms with Crippen LogP contribution in [0.5, 0.6) is 0 Å². The van der Waals surface area contributed by atoms with E-state index >= 15 is 0 Å². The van der Waals surface area contributed by atoms with E-state index in [-0.39, 0.29) is 24.4 Å². The minimum Gasteiger partial charge on any atom is -0.312 e. The number of amides is 3. The van der Waals surface area contributed by atoms with Crippen molar-refractivity contribution in [3.8, 4) is 0 Å². The molecular formula is C18H15BrFN3O3. The van der Waals surface area contributed by atoms with Gasteiger partial charge in [0.1, 0.15) is 5.82 Å². The first-order valence-electron chi connectivity index (χ1n) is 7.86. The minimum atomic E-state index is -0.632. The molecule has 0 bridgehead atoms. The first kappa shape index (κ1) is 18.1. The molecule has 134 valence electrons. The van der Waals surface area contributed by atoms with Crippen molar-refractivity contribution in [3.63, 3.8) is 0 Å². The van der Waals surface area contributed by atoms with Gasteiger partial charge in [0.2, 0.25) is 11.8 Å². The van der Waals surface area contributed by atoms with Gasteiger partial charge >= 0.3 is 0 Å². The molecule has 2 aromatic carbocycles. The van der Waals surface area contributed by atoms with E-state index in [9.17, 15) is 18.8 Å². The van der Waals surface area contributed by atoms with Crippen LogP contribution in [0.1, 0.15) is 16.8 Å². The fraction of sp³-hybridized carbons (Fsp3) is 0.167. The van der Waals surface area contributed by atoms with E-state index in [0.717, 1.165) is 10.5 Å². The third-order valence-electron chi connectivity index (χ3n) is 4.02.